The van der Waals surface area contributed by atoms with Crippen LogP contribution in [0.15, 0.2) is 12.4 Å². The number of hydrogen-bond acceptors (Lipinski definition) is 4. The van der Waals surface area contributed by atoms with E-state index in [1.165, 1.54) is 0 Å². The van der Waals surface area contributed by atoms with Crippen molar-refractivity contribution in [2.45, 2.75) is 31.7 Å². The summed E-state index contributed by atoms with van der Waals surface area (Å²) in [5.41, 5.74) is 0. The van der Waals surface area contributed by atoms with Gasteiger partial charge >= 0.3 is 6.03 Å². The molecule has 1 N–H and O–H groups in total. The highest BCUT2D eigenvalue weighted by Gasteiger charge is 2.37. The molecule has 2 unspecified atom stereocenters. The summed E-state index contributed by atoms with van der Waals surface area (Å²) < 4.78 is 1.99. The molecular weight excluding hydrogens is 380 g/mol. The molecule has 0 radical (unpaired) electrons. The number of imidazole rings is 1. The minimum absolute atomic E-state index is 0. The lowest BCUT2D eigenvalue weighted by Crippen LogP contribution is -2.54. The zero-order chi connectivity index (χ0) is 18.8. The number of likely N-dealkylation sites (tertiary alicyclic amines) is 2. The third-order valence-electron chi connectivity index (χ3n) is 6.10. The van der Waals surface area contributed by atoms with Crippen LogP contribution >= 0.6 is 12.4 Å². The van der Waals surface area contributed by atoms with Gasteiger partial charge in [-0.05, 0) is 25.7 Å². The third kappa shape index (κ3) is 4.12. The molecule has 3 saturated heterocycles. The van der Waals surface area contributed by atoms with E-state index >= 15 is 0 Å². The molecule has 0 saturated carbocycles. The molecule has 9 heteroatoms. The van der Waals surface area contributed by atoms with E-state index in [9.17, 15) is 9.59 Å². The second kappa shape index (κ2) is 9.13. The Bertz CT molecular complexity index is 690. The zero-order valence-electron chi connectivity index (χ0n) is 16.5. The molecule has 0 bridgehead atoms. The maximum Gasteiger partial charge on any atom is 0.320 e. The van der Waals surface area contributed by atoms with Crippen LogP contribution in [0.25, 0.3) is 0 Å². The van der Waals surface area contributed by atoms with Crippen LogP contribution in [-0.4, -0.2) is 82.0 Å². The smallest absolute Gasteiger partial charge is 0.320 e. The summed E-state index contributed by atoms with van der Waals surface area (Å²) in [5.74, 6) is 0.978. The molecule has 0 aliphatic carbocycles. The maximum absolute atomic E-state index is 13.4. The van der Waals surface area contributed by atoms with Gasteiger partial charge in [-0.15, -0.1) is 12.4 Å². The van der Waals surface area contributed by atoms with Crippen molar-refractivity contribution in [3.05, 3.63) is 18.2 Å². The summed E-state index contributed by atoms with van der Waals surface area (Å²) in [7, 11) is 1.97. The van der Waals surface area contributed by atoms with Crippen molar-refractivity contribution < 1.29 is 9.59 Å². The topological polar surface area (TPSA) is 73.7 Å². The molecular formula is C19H31ClN6O2. The van der Waals surface area contributed by atoms with E-state index in [0.717, 1.165) is 64.2 Å². The van der Waals surface area contributed by atoms with Crippen molar-refractivity contribution in [2.24, 2.45) is 13.0 Å². The second-order valence-corrected chi connectivity index (χ2v) is 7.91. The van der Waals surface area contributed by atoms with Gasteiger partial charge in [-0.2, -0.15) is 0 Å². The molecule has 4 heterocycles. The standard InChI is InChI=1S/C19H30N6O2.ClH/c1-22-11-7-21-17(22)16-13-20-6-12-25(16)18(26)15-5-4-10-24(14-15)19(27)23-8-2-3-9-23;/h7,11,15-16,20H,2-6,8-10,12-14H2,1H3;1H. The molecule has 0 spiro atoms. The number of amides is 3. The van der Waals surface area contributed by atoms with Gasteiger partial charge in [0.05, 0.1) is 5.92 Å². The molecule has 3 aliphatic heterocycles. The van der Waals surface area contributed by atoms with Crippen LogP contribution in [0.4, 0.5) is 4.79 Å². The molecule has 156 valence electrons. The van der Waals surface area contributed by atoms with E-state index in [1.54, 1.807) is 6.20 Å². The van der Waals surface area contributed by atoms with Crippen molar-refractivity contribution in [3.63, 3.8) is 0 Å². The first-order chi connectivity index (χ1) is 13.1. The van der Waals surface area contributed by atoms with Crippen molar-refractivity contribution >= 4 is 24.3 Å². The average molecular weight is 411 g/mol. The Kier molecular flexibility index (Phi) is 6.82. The molecule has 1 aromatic rings. The van der Waals surface area contributed by atoms with E-state index in [-0.39, 0.29) is 36.3 Å². The predicted octanol–water partition coefficient (Wildman–Crippen LogP) is 1.24. The van der Waals surface area contributed by atoms with Crippen LogP contribution < -0.4 is 5.32 Å². The number of carbonyl (C=O) groups excluding carboxylic acids is 2. The quantitative estimate of drug-likeness (QED) is 0.796. The summed E-state index contributed by atoms with van der Waals surface area (Å²) in [4.78, 5) is 36.4. The van der Waals surface area contributed by atoms with Crippen LogP contribution in [-0.2, 0) is 11.8 Å². The maximum atomic E-state index is 13.4. The zero-order valence-corrected chi connectivity index (χ0v) is 17.4. The van der Waals surface area contributed by atoms with E-state index < -0.39 is 0 Å². The number of hydrogen-bond donors (Lipinski definition) is 1. The summed E-state index contributed by atoms with van der Waals surface area (Å²) in [6.07, 6.45) is 7.64. The van der Waals surface area contributed by atoms with Crippen molar-refractivity contribution in [1.29, 1.82) is 0 Å². The summed E-state index contributed by atoms with van der Waals surface area (Å²) in [6, 6.07) is 0.0712. The van der Waals surface area contributed by atoms with Gasteiger partial charge in [0.25, 0.3) is 0 Å². The number of piperazine rings is 1. The number of nitrogens with zero attached hydrogens (tertiary/aromatic N) is 5. The Morgan fingerprint density at radius 1 is 1.11 bits per heavy atom. The second-order valence-electron chi connectivity index (χ2n) is 7.91. The first-order valence-corrected chi connectivity index (χ1v) is 10.2. The number of aromatic nitrogens is 2. The molecule has 3 amide bonds. The van der Waals surface area contributed by atoms with Gasteiger partial charge in [-0.1, -0.05) is 0 Å². The van der Waals surface area contributed by atoms with Gasteiger partial charge in [0.2, 0.25) is 5.91 Å². The fourth-order valence-electron chi connectivity index (χ4n) is 4.59. The molecule has 2 atom stereocenters. The van der Waals surface area contributed by atoms with Gasteiger partial charge in [0.15, 0.2) is 0 Å². The highest BCUT2D eigenvalue weighted by atomic mass is 35.5. The van der Waals surface area contributed by atoms with Crippen LogP contribution in [0.1, 0.15) is 37.5 Å². The summed E-state index contributed by atoms with van der Waals surface area (Å²) >= 11 is 0. The van der Waals surface area contributed by atoms with Gasteiger partial charge in [0, 0.05) is 65.3 Å². The van der Waals surface area contributed by atoms with Crippen LogP contribution in [0.2, 0.25) is 0 Å². The van der Waals surface area contributed by atoms with E-state index in [1.807, 2.05) is 32.5 Å². The highest BCUT2D eigenvalue weighted by molar-refractivity contribution is 5.85. The van der Waals surface area contributed by atoms with Gasteiger partial charge in [0.1, 0.15) is 11.9 Å². The van der Waals surface area contributed by atoms with Crippen LogP contribution in [0, 0.1) is 5.92 Å². The molecule has 3 aliphatic rings. The van der Waals surface area contributed by atoms with Crippen molar-refractivity contribution in [2.75, 3.05) is 45.8 Å². The number of piperidine rings is 1. The SMILES string of the molecule is Cl.Cn1ccnc1C1CNCCN1C(=O)C1CCCN(C(=O)N2CCCC2)C1. The Labute approximate surface area is 172 Å². The Morgan fingerprint density at radius 2 is 1.86 bits per heavy atom. The fourth-order valence-corrected chi connectivity index (χ4v) is 4.59. The number of halogens is 1. The van der Waals surface area contributed by atoms with E-state index in [2.05, 4.69) is 10.3 Å². The fraction of sp³-hybridized carbons (Fsp3) is 0.737. The lowest BCUT2D eigenvalue weighted by molar-refractivity contribution is -0.140. The highest BCUT2D eigenvalue weighted by Crippen LogP contribution is 2.27. The van der Waals surface area contributed by atoms with Crippen molar-refractivity contribution in [3.8, 4) is 0 Å². The largest absolute Gasteiger partial charge is 0.336 e. The van der Waals surface area contributed by atoms with E-state index in [4.69, 9.17) is 0 Å². The van der Waals surface area contributed by atoms with Gasteiger partial charge in [-0.3, -0.25) is 4.79 Å². The molecule has 0 aromatic carbocycles. The van der Waals surface area contributed by atoms with Crippen molar-refractivity contribution in [1.82, 2.24) is 29.6 Å². The minimum Gasteiger partial charge on any atom is -0.336 e. The third-order valence-corrected chi connectivity index (χ3v) is 6.10. The Morgan fingerprint density at radius 3 is 2.57 bits per heavy atom. The summed E-state index contributed by atoms with van der Waals surface area (Å²) in [5, 5.41) is 3.38. The molecule has 8 nitrogen and oxygen atoms in total. The number of rotatable bonds is 2. The Hall–Kier alpha value is -1.80. The monoisotopic (exact) mass is 410 g/mol. The van der Waals surface area contributed by atoms with Gasteiger partial charge < -0.3 is 24.6 Å². The average Bonchev–Trinajstić information content (AvgIpc) is 3.39. The predicted molar refractivity (Wildman–Crippen MR) is 108 cm³/mol. The number of urea groups is 1. The molecule has 3 fully saturated rings. The minimum atomic E-state index is -0.105. The molecule has 1 aromatic heterocycles. The summed E-state index contributed by atoms with van der Waals surface area (Å²) in [6.45, 7) is 5.23. The normalized spacial score (nSPS) is 25.5. The lowest BCUT2D eigenvalue weighted by atomic mass is 9.95. The first-order valence-electron chi connectivity index (χ1n) is 10.2. The molecule has 4 rings (SSSR count). The first kappa shape index (κ1) is 20.9. The van der Waals surface area contributed by atoms with E-state index in [0.29, 0.717) is 13.1 Å². The lowest BCUT2D eigenvalue weighted by Gasteiger charge is -2.40. The van der Waals surface area contributed by atoms with Crippen LogP contribution in [0.3, 0.4) is 0 Å². The van der Waals surface area contributed by atoms with Gasteiger partial charge in [-0.25, -0.2) is 9.78 Å². The number of carbonyl (C=O) groups is 2. The molecule has 28 heavy (non-hydrogen) atoms. The number of nitrogens with one attached hydrogen (secondary N) is 1. The van der Waals surface area contributed by atoms with Crippen LogP contribution in [0.5, 0.6) is 0 Å². The Balaban J connectivity index is 0.00000225. The number of aryl methyl sites for hydroxylation is 1.